The van der Waals surface area contributed by atoms with Crippen LogP contribution in [0.1, 0.15) is 59.3 Å². The Kier molecular flexibility index (Phi) is 11.0. The second-order valence-corrected chi connectivity index (χ2v) is 18.6. The Hall–Kier alpha value is -4.84. The first-order valence-electron chi connectivity index (χ1n) is 18.6. The molecule has 1 aromatic carbocycles. The van der Waals surface area contributed by atoms with E-state index in [1.54, 1.807) is 46.1 Å². The zero-order valence-electron chi connectivity index (χ0n) is 31.6. The Balaban J connectivity index is 1.22. The Morgan fingerprint density at radius 3 is 2.68 bits per heavy atom. The zero-order valence-corrected chi connectivity index (χ0v) is 33.2. The van der Waals surface area contributed by atoms with Crippen LogP contribution >= 0.6 is 11.8 Å². The Morgan fingerprint density at radius 2 is 1.96 bits per heavy atom. The first kappa shape index (κ1) is 39.4. The lowest BCUT2D eigenvalue weighted by Gasteiger charge is -2.30. The first-order chi connectivity index (χ1) is 26.7. The van der Waals surface area contributed by atoms with Crippen molar-refractivity contribution in [2.75, 3.05) is 25.2 Å². The molecule has 18 heteroatoms. The number of aromatic nitrogens is 2. The number of thioether (sulfide) groups is 1. The maximum Gasteiger partial charge on any atom is 0.408 e. The molecule has 2 aromatic heterocycles. The molecule has 4 aliphatic rings. The van der Waals surface area contributed by atoms with Crippen LogP contribution in [-0.4, -0.2) is 107 Å². The van der Waals surface area contributed by atoms with Crippen LogP contribution < -0.4 is 24.8 Å². The summed E-state index contributed by atoms with van der Waals surface area (Å²) >= 11 is 1.48. The summed E-state index contributed by atoms with van der Waals surface area (Å²) in [7, 11) is -2.36. The van der Waals surface area contributed by atoms with Gasteiger partial charge in [-0.05, 0) is 88.3 Å². The molecule has 2 aliphatic carbocycles. The summed E-state index contributed by atoms with van der Waals surface area (Å²) < 4.78 is 51.0. The number of nitrogens with one attached hydrogen (secondary N) is 3. The molecule has 5 atom stereocenters. The highest BCUT2D eigenvalue weighted by Crippen LogP contribution is 2.46. The van der Waals surface area contributed by atoms with Crippen LogP contribution in [0.4, 0.5) is 4.79 Å². The summed E-state index contributed by atoms with van der Waals surface area (Å²) in [5.41, 5.74) is -1.98. The van der Waals surface area contributed by atoms with Crippen LogP contribution in [0.25, 0.3) is 22.4 Å². The Bertz CT molecular complexity index is 2140. The summed E-state index contributed by atoms with van der Waals surface area (Å²) in [6.07, 6.45) is 7.62. The number of nitrogens with zero attached hydrogens (tertiary/aromatic N) is 3. The van der Waals surface area contributed by atoms with Crippen molar-refractivity contribution in [2.45, 2.75) is 93.9 Å². The molecule has 0 spiro atoms. The highest BCUT2D eigenvalue weighted by Gasteiger charge is 2.62. The van der Waals surface area contributed by atoms with E-state index in [1.807, 2.05) is 18.2 Å². The van der Waals surface area contributed by atoms with Crippen LogP contribution in [0.5, 0.6) is 11.6 Å². The molecule has 3 N–H and O–H groups in total. The minimum atomic E-state index is -3.91. The van der Waals surface area contributed by atoms with E-state index >= 15 is 0 Å². The largest absolute Gasteiger partial charge is 0.497 e. The number of allylic oxidation sites excluding steroid dienone is 1. The molecule has 0 bridgehead atoms. The van der Waals surface area contributed by atoms with E-state index < -0.39 is 74.3 Å². The molecule has 4 heterocycles. The average molecular weight is 811 g/mol. The summed E-state index contributed by atoms with van der Waals surface area (Å²) in [6, 6.07) is 4.91. The third-order valence-electron chi connectivity index (χ3n) is 10.0. The lowest BCUT2D eigenvalue weighted by molar-refractivity contribution is -0.140. The van der Waals surface area contributed by atoms with Gasteiger partial charge in [-0.1, -0.05) is 12.2 Å². The fourth-order valence-electron chi connectivity index (χ4n) is 6.97. The number of carbonyl (C=O) groups excluding carboxylic acids is 4. The van der Waals surface area contributed by atoms with Gasteiger partial charge in [-0.25, -0.2) is 23.2 Å². The van der Waals surface area contributed by atoms with Gasteiger partial charge in [0, 0.05) is 23.5 Å². The standard InChI is InChI=1S/C38H46N6O10S2/c1-37(2,3)54-36(48)41-29-21-55-15-7-5-6-8-23-19-38(23,35(47)43-56(49,50)26-10-11-26)42-31(45)30-18-25(20-44(30)34(29)46)53-32-27-12-9-24(51-4)16-22(27)17-28(40-32)33-39-13-14-52-33/h6,8-9,12-14,16-17,23,25-26,29-30H,5,7,10-11,15,18-21H2,1-4H3,(H,41,48)(H,42,45)(H,43,47)/t23?,25?,29-,30-,38+/m0/s1. The van der Waals surface area contributed by atoms with E-state index in [1.165, 1.54) is 29.1 Å². The van der Waals surface area contributed by atoms with Crippen molar-refractivity contribution in [1.29, 1.82) is 0 Å². The number of pyridine rings is 1. The van der Waals surface area contributed by atoms with Gasteiger partial charge in [0.15, 0.2) is 0 Å². The van der Waals surface area contributed by atoms with E-state index in [0.717, 1.165) is 6.42 Å². The fraction of sp³-hybridized carbons (Fsp3) is 0.526. The normalized spacial score (nSPS) is 25.9. The van der Waals surface area contributed by atoms with Gasteiger partial charge in [0.1, 0.15) is 47.0 Å². The highest BCUT2D eigenvalue weighted by molar-refractivity contribution is 7.99. The number of hydrogen-bond acceptors (Lipinski definition) is 13. The molecule has 300 valence electrons. The number of oxazole rings is 1. The van der Waals surface area contributed by atoms with Crippen LogP contribution in [0.2, 0.25) is 0 Å². The molecule has 3 aromatic rings. The number of fused-ring (bicyclic) bond motifs is 3. The predicted molar refractivity (Wildman–Crippen MR) is 206 cm³/mol. The van der Waals surface area contributed by atoms with Crippen LogP contribution in [0.15, 0.2) is 53.3 Å². The summed E-state index contributed by atoms with van der Waals surface area (Å²) in [5, 5.41) is 6.28. The lowest BCUT2D eigenvalue weighted by Crippen LogP contribution is -2.58. The van der Waals surface area contributed by atoms with Crippen molar-refractivity contribution in [2.24, 2.45) is 5.92 Å². The maximum atomic E-state index is 14.6. The maximum absolute atomic E-state index is 14.6. The summed E-state index contributed by atoms with van der Waals surface area (Å²) in [4.78, 5) is 66.1. The van der Waals surface area contributed by atoms with Crippen LogP contribution in [-0.2, 0) is 29.1 Å². The quantitative estimate of drug-likeness (QED) is 0.278. The molecule has 1 saturated heterocycles. The van der Waals surface area contributed by atoms with Gasteiger partial charge >= 0.3 is 6.09 Å². The molecule has 0 radical (unpaired) electrons. The van der Waals surface area contributed by atoms with E-state index in [2.05, 4.69) is 20.3 Å². The minimum Gasteiger partial charge on any atom is -0.497 e. The van der Waals surface area contributed by atoms with Crippen molar-refractivity contribution in [3.63, 3.8) is 0 Å². The molecule has 7 rings (SSSR count). The zero-order chi connectivity index (χ0) is 39.8. The third kappa shape index (κ3) is 8.75. The molecule has 2 saturated carbocycles. The van der Waals surface area contributed by atoms with Gasteiger partial charge < -0.3 is 34.2 Å². The van der Waals surface area contributed by atoms with E-state index in [9.17, 15) is 27.6 Å². The van der Waals surface area contributed by atoms with Gasteiger partial charge in [0.25, 0.3) is 5.91 Å². The van der Waals surface area contributed by atoms with Crippen LogP contribution in [0.3, 0.4) is 0 Å². The monoisotopic (exact) mass is 810 g/mol. The number of hydrogen-bond donors (Lipinski definition) is 3. The highest BCUT2D eigenvalue weighted by atomic mass is 32.2. The second kappa shape index (κ2) is 15.6. The van der Waals surface area contributed by atoms with Crippen molar-refractivity contribution in [3.05, 3.63) is 48.9 Å². The number of sulfonamides is 1. The molecular weight excluding hydrogens is 765 g/mol. The van der Waals surface area contributed by atoms with Gasteiger partial charge in [0.05, 0.1) is 25.1 Å². The fourth-order valence-corrected chi connectivity index (χ4v) is 9.33. The number of methoxy groups -OCH3 is 1. The predicted octanol–water partition coefficient (Wildman–Crippen LogP) is 3.71. The topological polar surface area (TPSA) is 208 Å². The molecule has 56 heavy (non-hydrogen) atoms. The summed E-state index contributed by atoms with van der Waals surface area (Å²) in [6.45, 7) is 5.07. The Morgan fingerprint density at radius 1 is 1.16 bits per heavy atom. The number of amides is 4. The molecule has 4 amide bonds. The molecule has 2 unspecified atom stereocenters. The average Bonchev–Trinajstić information content (AvgIpc) is 4.00. The third-order valence-corrected chi connectivity index (χ3v) is 13.0. The van der Waals surface area contributed by atoms with Gasteiger partial charge in [-0.15, -0.1) is 0 Å². The van der Waals surface area contributed by atoms with Crippen molar-refractivity contribution >= 4 is 56.4 Å². The van der Waals surface area contributed by atoms with Crippen molar-refractivity contribution in [3.8, 4) is 23.2 Å². The summed E-state index contributed by atoms with van der Waals surface area (Å²) in [5.74, 6) is -0.545. The van der Waals surface area contributed by atoms with Gasteiger partial charge in [-0.2, -0.15) is 11.8 Å². The Labute approximate surface area is 328 Å². The van der Waals surface area contributed by atoms with Crippen LogP contribution in [0, 0.1) is 5.92 Å². The van der Waals surface area contributed by atoms with E-state index in [-0.39, 0.29) is 36.9 Å². The molecule has 16 nitrogen and oxygen atoms in total. The smallest absolute Gasteiger partial charge is 0.408 e. The SMILES string of the molecule is COc1ccc2c(OC3C[C@H]4C(=O)N[C@]5(C(=O)NS(=O)(=O)C6CC6)CC5C=CCCCSC[C@H](NC(=O)OC(C)(C)C)C(=O)N4C3)nc(-c3ncco3)cc2c1. The second-order valence-electron chi connectivity index (χ2n) is 15.5. The van der Waals surface area contributed by atoms with Crippen molar-refractivity contribution in [1.82, 2.24) is 30.2 Å². The van der Waals surface area contributed by atoms with E-state index in [0.29, 0.717) is 47.2 Å². The first-order valence-corrected chi connectivity index (χ1v) is 21.3. The molecule has 2 aliphatic heterocycles. The number of alkyl carbamates (subject to hydrolysis) is 1. The van der Waals surface area contributed by atoms with E-state index in [4.69, 9.17) is 23.6 Å². The lowest BCUT2D eigenvalue weighted by atomic mass is 10.1. The number of ether oxygens (including phenoxy) is 3. The number of carbonyl (C=O) groups is 4. The number of rotatable bonds is 8. The molecular formula is C38H46N6O10S2. The number of benzene rings is 1. The minimum absolute atomic E-state index is 0.00892. The van der Waals surface area contributed by atoms with Gasteiger partial charge in [-0.3, -0.25) is 19.1 Å². The van der Waals surface area contributed by atoms with Crippen molar-refractivity contribution < 1.29 is 46.2 Å². The van der Waals surface area contributed by atoms with Gasteiger partial charge in [0.2, 0.25) is 33.6 Å². The molecule has 3 fully saturated rings.